The van der Waals surface area contributed by atoms with Gasteiger partial charge in [-0.2, -0.15) is 0 Å². The van der Waals surface area contributed by atoms with Gasteiger partial charge in [-0.25, -0.2) is 0 Å². The summed E-state index contributed by atoms with van der Waals surface area (Å²) in [7, 11) is 6.83. The highest BCUT2D eigenvalue weighted by Gasteiger charge is 2.69. The van der Waals surface area contributed by atoms with Gasteiger partial charge in [0.1, 0.15) is 5.75 Å². The second-order valence-electron chi connectivity index (χ2n) is 11.8. The summed E-state index contributed by atoms with van der Waals surface area (Å²) in [6.07, 6.45) is 0.245. The van der Waals surface area contributed by atoms with E-state index in [4.69, 9.17) is 10.5 Å². The number of nitrogens with zero attached hydrogens (tertiary/aromatic N) is 3. The number of benzene rings is 1. The first-order valence-corrected chi connectivity index (χ1v) is 13.5. The van der Waals surface area contributed by atoms with Gasteiger partial charge in [-0.1, -0.05) is 0 Å². The molecule has 6 atom stereocenters. The van der Waals surface area contributed by atoms with Crippen LogP contribution in [0.4, 0.5) is 5.69 Å². The molecule has 4 N–H and O–H groups in total. The lowest BCUT2D eigenvalue weighted by Gasteiger charge is -2.52. The first-order valence-electron chi connectivity index (χ1n) is 13.5. The Morgan fingerprint density at radius 3 is 2.35 bits per heavy atom. The third-order valence-electron chi connectivity index (χ3n) is 9.06. The molecule has 1 heterocycles. The van der Waals surface area contributed by atoms with Crippen molar-refractivity contribution in [1.29, 1.82) is 0 Å². The van der Waals surface area contributed by atoms with Crippen molar-refractivity contribution in [3.8, 4) is 5.75 Å². The van der Waals surface area contributed by atoms with Crippen LogP contribution in [-0.4, -0.2) is 115 Å². The molecule has 0 aromatic heterocycles. The number of Topliss-reactive ketones (excluding diaryl/α,β-unsaturated/α-hetero) is 4. The number of nitrogens with two attached hydrogens (primary N) is 1. The topological polar surface area (TPSA) is 171 Å². The van der Waals surface area contributed by atoms with Gasteiger partial charge in [0.25, 0.3) is 0 Å². The molecule has 216 valence electrons. The molecule has 12 nitrogen and oxygen atoms in total. The van der Waals surface area contributed by atoms with Gasteiger partial charge in [0.15, 0.2) is 34.7 Å². The standard InChI is InChI=1S/C28H36N4O8/c1-30(2)21-14(12-32-5-7-40-8-6-32)11-17(33)19-15(21)9-13-10-16-22(31(3)4)24(35)20(27(29)38)26(37)28(16,39)25(36)18(13)23(19)34/h11,13,16,18,20,22,33,39H,5-10,12H2,1-4H3,(H2,29,38)/t13-,16-,18?,20?,22-,28-/m0/s1. The van der Waals surface area contributed by atoms with Crippen molar-refractivity contribution < 1.29 is 38.9 Å². The maximum Gasteiger partial charge on any atom is 0.235 e. The van der Waals surface area contributed by atoms with E-state index in [0.717, 1.165) is 24.3 Å². The number of ether oxygens (including phenoxy) is 1. The molecule has 1 aromatic rings. The van der Waals surface area contributed by atoms with Crippen LogP contribution in [0.2, 0.25) is 0 Å². The van der Waals surface area contributed by atoms with Gasteiger partial charge in [-0.15, -0.1) is 0 Å². The number of likely N-dealkylation sites (N-methyl/N-ethyl adjacent to an activating group) is 1. The molecule has 40 heavy (non-hydrogen) atoms. The third-order valence-corrected chi connectivity index (χ3v) is 9.06. The molecule has 3 fully saturated rings. The highest BCUT2D eigenvalue weighted by Crippen LogP contribution is 2.52. The van der Waals surface area contributed by atoms with Gasteiger partial charge in [0.2, 0.25) is 5.91 Å². The van der Waals surface area contributed by atoms with Crippen LogP contribution >= 0.6 is 0 Å². The fourth-order valence-corrected chi connectivity index (χ4v) is 7.41. The number of carbonyl (C=O) groups is 5. The number of hydrogen-bond donors (Lipinski definition) is 3. The van der Waals surface area contributed by atoms with Crippen molar-refractivity contribution in [3.63, 3.8) is 0 Å². The van der Waals surface area contributed by atoms with Gasteiger partial charge >= 0.3 is 0 Å². The van der Waals surface area contributed by atoms with Gasteiger partial charge in [-0.3, -0.25) is 33.8 Å². The number of anilines is 1. The predicted octanol–water partition coefficient (Wildman–Crippen LogP) is -1.23. The number of fused-ring (bicyclic) bond motifs is 3. The fourth-order valence-electron chi connectivity index (χ4n) is 7.41. The molecule has 0 radical (unpaired) electrons. The number of aliphatic hydroxyl groups is 1. The molecule has 5 rings (SSSR count). The summed E-state index contributed by atoms with van der Waals surface area (Å²) in [5, 5.41) is 22.8. The number of morpholine rings is 1. The lowest BCUT2D eigenvalue weighted by atomic mass is 9.52. The molecule has 1 amide bonds. The number of rotatable bonds is 5. The zero-order valence-corrected chi connectivity index (χ0v) is 23.2. The summed E-state index contributed by atoms with van der Waals surface area (Å²) in [5.74, 6) is -10.4. The van der Waals surface area contributed by atoms with Crippen molar-refractivity contribution in [3.05, 3.63) is 22.8 Å². The van der Waals surface area contributed by atoms with E-state index in [1.54, 1.807) is 20.2 Å². The largest absolute Gasteiger partial charge is 0.507 e. The first-order chi connectivity index (χ1) is 18.8. The van der Waals surface area contributed by atoms with Crippen LogP contribution in [0.5, 0.6) is 5.75 Å². The van der Waals surface area contributed by atoms with Gasteiger partial charge in [-0.05, 0) is 50.0 Å². The van der Waals surface area contributed by atoms with Crippen LogP contribution in [0.15, 0.2) is 6.07 Å². The van der Waals surface area contributed by atoms with E-state index in [-0.39, 0.29) is 24.2 Å². The molecule has 2 unspecified atom stereocenters. The Morgan fingerprint density at radius 1 is 1.12 bits per heavy atom. The van der Waals surface area contributed by atoms with Crippen LogP contribution in [0.1, 0.15) is 27.9 Å². The predicted molar refractivity (Wildman–Crippen MR) is 142 cm³/mol. The van der Waals surface area contributed by atoms with Crippen LogP contribution in [0.25, 0.3) is 0 Å². The SMILES string of the molecule is CN(C)c1c(CN2CCOCC2)cc(O)c2c1C[C@H]1C[C@H]3[C@H](N(C)C)C(=O)C(C(N)=O)C(=O)[C@@]3(O)C(=O)C1C2=O. The fraction of sp³-hybridized carbons (Fsp3) is 0.607. The molecule has 12 heteroatoms. The summed E-state index contributed by atoms with van der Waals surface area (Å²) in [5.41, 5.74) is 4.84. The highest BCUT2D eigenvalue weighted by molar-refractivity contribution is 6.32. The number of phenols is 1. The van der Waals surface area contributed by atoms with Crippen molar-refractivity contribution in [1.82, 2.24) is 9.80 Å². The number of hydrogen-bond acceptors (Lipinski definition) is 11. The minimum atomic E-state index is -2.73. The molecular formula is C28H36N4O8. The average Bonchev–Trinajstić information content (AvgIpc) is 2.86. The Hall–Kier alpha value is -3.19. The normalized spacial score (nSPS) is 32.5. The molecule has 1 aliphatic heterocycles. The van der Waals surface area contributed by atoms with E-state index in [1.165, 1.54) is 4.90 Å². The Morgan fingerprint density at radius 2 is 1.77 bits per heavy atom. The average molecular weight is 557 g/mol. The minimum Gasteiger partial charge on any atom is -0.507 e. The Bertz CT molecular complexity index is 1300. The molecule has 1 saturated heterocycles. The number of primary amides is 1. The highest BCUT2D eigenvalue weighted by atomic mass is 16.5. The lowest BCUT2D eigenvalue weighted by molar-refractivity contribution is -0.181. The minimum absolute atomic E-state index is 0.000947. The van der Waals surface area contributed by atoms with Crippen molar-refractivity contribution in [2.75, 3.05) is 59.4 Å². The second kappa shape index (κ2) is 10.0. The third kappa shape index (κ3) is 4.08. The summed E-state index contributed by atoms with van der Waals surface area (Å²) in [6.45, 7) is 3.18. The quantitative estimate of drug-likeness (QED) is 0.371. The number of carbonyl (C=O) groups excluding carboxylic acids is 5. The number of amides is 1. The molecule has 0 spiro atoms. The maximum atomic E-state index is 14.0. The van der Waals surface area contributed by atoms with E-state index >= 15 is 0 Å². The smallest absolute Gasteiger partial charge is 0.235 e. The maximum absolute atomic E-state index is 14.0. The molecule has 1 aromatic carbocycles. The molecule has 4 aliphatic rings. The lowest BCUT2D eigenvalue weighted by Crippen LogP contribution is -2.74. The van der Waals surface area contributed by atoms with Crippen molar-refractivity contribution in [2.45, 2.75) is 31.0 Å². The zero-order valence-electron chi connectivity index (χ0n) is 23.2. The van der Waals surface area contributed by atoms with E-state index in [2.05, 4.69) is 4.90 Å². The van der Waals surface area contributed by atoms with Gasteiger partial charge < -0.3 is 25.6 Å². The van der Waals surface area contributed by atoms with Gasteiger partial charge in [0.05, 0.1) is 30.7 Å². The monoisotopic (exact) mass is 556 g/mol. The van der Waals surface area contributed by atoms with Crippen molar-refractivity contribution >= 4 is 34.7 Å². The van der Waals surface area contributed by atoms with Crippen LogP contribution in [0, 0.1) is 23.7 Å². The Labute approximate surface area is 232 Å². The Balaban J connectivity index is 1.61. The number of aromatic hydroxyl groups is 1. The van der Waals surface area contributed by atoms with E-state index in [9.17, 15) is 34.2 Å². The van der Waals surface area contributed by atoms with E-state index in [0.29, 0.717) is 25.3 Å². The molecule has 2 saturated carbocycles. The zero-order chi connectivity index (χ0) is 29.3. The summed E-state index contributed by atoms with van der Waals surface area (Å²) >= 11 is 0. The summed E-state index contributed by atoms with van der Waals surface area (Å²) < 4.78 is 5.45. The van der Waals surface area contributed by atoms with E-state index in [1.807, 2.05) is 19.0 Å². The van der Waals surface area contributed by atoms with Gasteiger partial charge in [0, 0.05) is 45.3 Å². The van der Waals surface area contributed by atoms with E-state index < -0.39 is 64.4 Å². The first kappa shape index (κ1) is 28.3. The van der Waals surface area contributed by atoms with Crippen LogP contribution in [-0.2, 0) is 36.9 Å². The molecule has 3 aliphatic carbocycles. The number of ketones is 4. The van der Waals surface area contributed by atoms with Crippen molar-refractivity contribution in [2.24, 2.45) is 29.4 Å². The summed E-state index contributed by atoms with van der Waals surface area (Å²) in [6, 6.07) is 0.415. The molecule has 0 bridgehead atoms. The summed E-state index contributed by atoms with van der Waals surface area (Å²) in [4.78, 5) is 72.3. The van der Waals surface area contributed by atoms with Crippen LogP contribution in [0.3, 0.4) is 0 Å². The number of phenolic OH excluding ortho intramolecular Hbond substituents is 1. The second-order valence-corrected chi connectivity index (χ2v) is 11.8. The van der Waals surface area contributed by atoms with Crippen LogP contribution < -0.4 is 10.6 Å². The molecular weight excluding hydrogens is 520 g/mol. The Kier molecular flexibility index (Phi) is 7.10.